The van der Waals surface area contributed by atoms with E-state index in [1.54, 1.807) is 0 Å². The van der Waals surface area contributed by atoms with Crippen LogP contribution in [-0.2, 0) is 6.42 Å². The number of aromatic amines is 1. The monoisotopic (exact) mass is 181 g/mol. The largest absolute Gasteiger partial charge is 0.359 e. The number of nitrogens with one attached hydrogen (secondary N) is 2. The molecule has 1 heterocycles. The van der Waals surface area contributed by atoms with Gasteiger partial charge in [0.25, 0.3) is 0 Å². The zero-order valence-corrected chi connectivity index (χ0v) is 8.78. The minimum Gasteiger partial charge on any atom is -0.359 e. The Morgan fingerprint density at radius 1 is 1.38 bits per heavy atom. The number of unbranched alkanes of at least 4 members (excludes halogenated alkanes) is 2. The quantitative estimate of drug-likeness (QED) is 0.685. The topological polar surface area (TPSA) is 40.7 Å². The zero-order valence-electron chi connectivity index (χ0n) is 8.78. The van der Waals surface area contributed by atoms with Crippen LogP contribution in [0, 0.1) is 6.92 Å². The van der Waals surface area contributed by atoms with Crippen LogP contribution in [0.25, 0.3) is 0 Å². The number of rotatable bonds is 5. The Morgan fingerprint density at radius 3 is 2.69 bits per heavy atom. The molecule has 0 radical (unpaired) electrons. The Morgan fingerprint density at radius 2 is 2.15 bits per heavy atom. The second-order valence-electron chi connectivity index (χ2n) is 3.36. The van der Waals surface area contributed by atoms with Gasteiger partial charge in [0.1, 0.15) is 0 Å². The molecule has 3 heteroatoms. The van der Waals surface area contributed by atoms with Crippen molar-refractivity contribution in [3.8, 4) is 0 Å². The fraction of sp³-hybridized carbons (Fsp3) is 0.700. The molecule has 2 N–H and O–H groups in total. The molecule has 3 nitrogen and oxygen atoms in total. The van der Waals surface area contributed by atoms with E-state index in [2.05, 4.69) is 29.1 Å². The Balaban J connectivity index is 2.50. The number of aromatic nitrogens is 2. The van der Waals surface area contributed by atoms with Gasteiger partial charge in [-0.25, -0.2) is 4.98 Å². The Bertz CT molecular complexity index is 253. The Labute approximate surface area is 80.0 Å². The maximum Gasteiger partial charge on any atom is 0.200 e. The Kier molecular flexibility index (Phi) is 3.80. The maximum absolute atomic E-state index is 4.43. The first-order valence-corrected chi connectivity index (χ1v) is 5.01. The zero-order chi connectivity index (χ0) is 9.68. The first-order valence-electron chi connectivity index (χ1n) is 5.01. The second-order valence-corrected chi connectivity index (χ2v) is 3.36. The number of hydrogen-bond donors (Lipinski definition) is 2. The molecule has 1 aromatic heterocycles. The van der Waals surface area contributed by atoms with Gasteiger partial charge in [0.15, 0.2) is 5.95 Å². The smallest absolute Gasteiger partial charge is 0.200 e. The first kappa shape index (κ1) is 10.1. The fourth-order valence-corrected chi connectivity index (χ4v) is 1.40. The van der Waals surface area contributed by atoms with Gasteiger partial charge in [0, 0.05) is 12.7 Å². The molecule has 0 fully saturated rings. The molecule has 0 aliphatic heterocycles. The molecule has 0 atom stereocenters. The summed E-state index contributed by atoms with van der Waals surface area (Å²) < 4.78 is 0. The molecule has 0 saturated heterocycles. The highest BCUT2D eigenvalue weighted by atomic mass is 15.1. The molecule has 0 aliphatic rings. The molecule has 0 amide bonds. The van der Waals surface area contributed by atoms with Gasteiger partial charge in [-0.2, -0.15) is 0 Å². The van der Waals surface area contributed by atoms with Crippen molar-refractivity contribution >= 4 is 5.95 Å². The summed E-state index contributed by atoms with van der Waals surface area (Å²) in [7, 11) is 1.88. The van der Waals surface area contributed by atoms with Gasteiger partial charge < -0.3 is 10.3 Å². The highest BCUT2D eigenvalue weighted by Gasteiger charge is 2.03. The van der Waals surface area contributed by atoms with Crippen LogP contribution in [0.5, 0.6) is 0 Å². The number of aryl methyl sites for hydroxylation is 2. The highest BCUT2D eigenvalue weighted by Crippen LogP contribution is 2.11. The summed E-state index contributed by atoms with van der Waals surface area (Å²) in [6, 6.07) is 0. The van der Waals surface area contributed by atoms with E-state index in [1.807, 2.05) is 7.05 Å². The predicted molar refractivity (Wildman–Crippen MR) is 56.1 cm³/mol. The minimum atomic E-state index is 0.879. The normalized spacial score (nSPS) is 10.4. The van der Waals surface area contributed by atoms with Crippen LogP contribution in [0.15, 0.2) is 0 Å². The number of hydrogen-bond acceptors (Lipinski definition) is 2. The van der Waals surface area contributed by atoms with Crippen molar-refractivity contribution in [1.82, 2.24) is 9.97 Å². The summed E-state index contributed by atoms with van der Waals surface area (Å²) in [5, 5.41) is 3.01. The van der Waals surface area contributed by atoms with Gasteiger partial charge in [-0.3, -0.25) is 0 Å². The van der Waals surface area contributed by atoms with Crippen molar-refractivity contribution in [2.75, 3.05) is 12.4 Å². The average molecular weight is 181 g/mol. The molecule has 74 valence electrons. The first-order chi connectivity index (χ1) is 6.27. The average Bonchev–Trinajstić information content (AvgIpc) is 2.48. The van der Waals surface area contributed by atoms with E-state index in [-0.39, 0.29) is 0 Å². The molecule has 0 unspecified atom stereocenters. The van der Waals surface area contributed by atoms with Crippen LogP contribution in [-0.4, -0.2) is 17.0 Å². The summed E-state index contributed by atoms with van der Waals surface area (Å²) >= 11 is 0. The van der Waals surface area contributed by atoms with Gasteiger partial charge >= 0.3 is 0 Å². The van der Waals surface area contributed by atoms with Crippen molar-refractivity contribution < 1.29 is 0 Å². The van der Waals surface area contributed by atoms with Crippen molar-refractivity contribution in [1.29, 1.82) is 0 Å². The summed E-state index contributed by atoms with van der Waals surface area (Å²) in [6.07, 6.45) is 4.90. The van der Waals surface area contributed by atoms with Crippen molar-refractivity contribution in [3.63, 3.8) is 0 Å². The lowest BCUT2D eigenvalue weighted by molar-refractivity contribution is 0.707. The van der Waals surface area contributed by atoms with E-state index in [4.69, 9.17) is 0 Å². The van der Waals surface area contributed by atoms with E-state index in [9.17, 15) is 0 Å². The van der Waals surface area contributed by atoms with Crippen LogP contribution in [0.2, 0.25) is 0 Å². The lowest BCUT2D eigenvalue weighted by Crippen LogP contribution is -1.90. The van der Waals surface area contributed by atoms with Gasteiger partial charge in [0.05, 0.1) is 5.69 Å². The minimum absolute atomic E-state index is 0.879. The third-order valence-electron chi connectivity index (χ3n) is 2.24. The number of H-pyrrole nitrogens is 1. The summed E-state index contributed by atoms with van der Waals surface area (Å²) in [5.74, 6) is 0.879. The summed E-state index contributed by atoms with van der Waals surface area (Å²) in [6.45, 7) is 4.30. The van der Waals surface area contributed by atoms with Gasteiger partial charge in [-0.15, -0.1) is 0 Å². The lowest BCUT2D eigenvalue weighted by Gasteiger charge is -1.96. The fourth-order valence-electron chi connectivity index (χ4n) is 1.40. The standard InChI is InChI=1S/C10H19N3/c1-4-5-6-7-9-8(2)12-10(11-3)13-9/h4-7H2,1-3H3,(H2,11,12,13). The van der Waals surface area contributed by atoms with Crippen LogP contribution in [0.1, 0.15) is 37.6 Å². The van der Waals surface area contributed by atoms with Gasteiger partial charge in [-0.1, -0.05) is 19.8 Å². The third-order valence-corrected chi connectivity index (χ3v) is 2.24. The second kappa shape index (κ2) is 4.90. The molecule has 0 spiro atoms. The van der Waals surface area contributed by atoms with E-state index in [0.29, 0.717) is 0 Å². The van der Waals surface area contributed by atoms with E-state index >= 15 is 0 Å². The number of imidazole rings is 1. The summed E-state index contributed by atoms with van der Waals surface area (Å²) in [5.41, 5.74) is 2.40. The molecular weight excluding hydrogens is 162 g/mol. The van der Waals surface area contributed by atoms with Gasteiger partial charge in [-0.05, 0) is 19.8 Å². The lowest BCUT2D eigenvalue weighted by atomic mass is 10.1. The molecule has 13 heavy (non-hydrogen) atoms. The molecule has 1 aromatic rings. The van der Waals surface area contributed by atoms with Crippen LogP contribution in [0.3, 0.4) is 0 Å². The van der Waals surface area contributed by atoms with Crippen molar-refractivity contribution in [2.45, 2.75) is 39.5 Å². The molecule has 0 bridgehead atoms. The Hall–Kier alpha value is -0.990. The SMILES string of the molecule is CCCCCc1nc(NC)[nH]c1C. The third kappa shape index (κ3) is 2.76. The van der Waals surface area contributed by atoms with E-state index < -0.39 is 0 Å². The summed E-state index contributed by atoms with van der Waals surface area (Å²) in [4.78, 5) is 7.63. The molecule has 1 rings (SSSR count). The van der Waals surface area contributed by atoms with Crippen molar-refractivity contribution in [3.05, 3.63) is 11.4 Å². The predicted octanol–water partition coefficient (Wildman–Crippen LogP) is 2.49. The number of anilines is 1. The van der Waals surface area contributed by atoms with E-state index in [1.165, 1.54) is 30.7 Å². The molecular formula is C10H19N3. The van der Waals surface area contributed by atoms with Gasteiger partial charge in [0.2, 0.25) is 0 Å². The van der Waals surface area contributed by atoms with Crippen LogP contribution in [0.4, 0.5) is 5.95 Å². The van der Waals surface area contributed by atoms with Crippen LogP contribution < -0.4 is 5.32 Å². The molecule has 0 aliphatic carbocycles. The highest BCUT2D eigenvalue weighted by molar-refractivity contribution is 5.29. The van der Waals surface area contributed by atoms with Crippen LogP contribution >= 0.6 is 0 Å². The molecule has 0 aromatic carbocycles. The number of nitrogens with zero attached hydrogens (tertiary/aromatic N) is 1. The van der Waals surface area contributed by atoms with Crippen molar-refractivity contribution in [2.24, 2.45) is 0 Å². The van der Waals surface area contributed by atoms with E-state index in [0.717, 1.165) is 12.4 Å². The maximum atomic E-state index is 4.43. The molecule has 0 saturated carbocycles.